The Morgan fingerprint density at radius 1 is 1.35 bits per heavy atom. The van der Waals surface area contributed by atoms with Gasteiger partial charge in [-0.3, -0.25) is 9.79 Å². The van der Waals surface area contributed by atoms with Crippen LogP contribution in [0, 0.1) is 0 Å². The molecule has 1 unspecified atom stereocenters. The maximum atomic E-state index is 11.2. The zero-order valence-electron chi connectivity index (χ0n) is 9.55. The highest BCUT2D eigenvalue weighted by Gasteiger charge is 2.14. The number of hydrogen-bond donors (Lipinski definition) is 1. The Morgan fingerprint density at radius 3 is 3.00 bits per heavy atom. The second kappa shape index (κ2) is 3.73. The van der Waals surface area contributed by atoms with Crippen LogP contribution in [-0.2, 0) is 0 Å². The van der Waals surface area contributed by atoms with Gasteiger partial charge < -0.3 is 9.88 Å². The summed E-state index contributed by atoms with van der Waals surface area (Å²) in [6, 6.07) is 9.74. The highest BCUT2D eigenvalue weighted by Crippen LogP contribution is 2.21. The molecule has 0 bridgehead atoms. The van der Waals surface area contributed by atoms with Crippen molar-refractivity contribution >= 4 is 22.9 Å². The van der Waals surface area contributed by atoms with Crippen LogP contribution in [0.15, 0.2) is 40.1 Å². The van der Waals surface area contributed by atoms with Crippen LogP contribution >= 0.6 is 0 Å². The molecule has 86 valence electrons. The summed E-state index contributed by atoms with van der Waals surface area (Å²) in [4.78, 5) is 20.4. The molecule has 0 aliphatic carbocycles. The minimum atomic E-state index is -0.0680. The second-order valence-corrected chi connectivity index (χ2v) is 4.36. The van der Waals surface area contributed by atoms with Gasteiger partial charge in [0, 0.05) is 29.2 Å². The van der Waals surface area contributed by atoms with E-state index in [1.807, 2.05) is 24.5 Å². The van der Waals surface area contributed by atoms with Gasteiger partial charge in [0.05, 0.1) is 12.4 Å². The molecule has 2 heterocycles. The molecule has 1 N–H and O–H groups in total. The SMILES string of the molecule is CC1CN(c2ccc3[nH]c(=O)ccc3c2)C=N1. The quantitative estimate of drug-likeness (QED) is 0.807. The molecule has 17 heavy (non-hydrogen) atoms. The fourth-order valence-corrected chi connectivity index (χ4v) is 2.07. The van der Waals surface area contributed by atoms with Crippen molar-refractivity contribution < 1.29 is 0 Å². The first-order chi connectivity index (χ1) is 8.22. The Bertz CT molecular complexity index is 644. The number of benzene rings is 1. The number of fused-ring (bicyclic) bond motifs is 1. The topological polar surface area (TPSA) is 48.5 Å². The fourth-order valence-electron chi connectivity index (χ4n) is 2.07. The molecule has 3 rings (SSSR count). The van der Waals surface area contributed by atoms with Crippen molar-refractivity contribution in [3.8, 4) is 0 Å². The number of pyridine rings is 1. The fraction of sp³-hybridized carbons (Fsp3) is 0.231. The van der Waals surface area contributed by atoms with Crippen LogP contribution in [0.4, 0.5) is 5.69 Å². The third-order valence-electron chi connectivity index (χ3n) is 2.96. The molecule has 0 fully saturated rings. The van der Waals surface area contributed by atoms with Crippen LogP contribution in [0.25, 0.3) is 10.9 Å². The molecule has 1 aliphatic rings. The zero-order chi connectivity index (χ0) is 11.8. The van der Waals surface area contributed by atoms with Gasteiger partial charge in [-0.25, -0.2) is 0 Å². The van der Waals surface area contributed by atoms with Crippen LogP contribution < -0.4 is 10.5 Å². The lowest BCUT2D eigenvalue weighted by Gasteiger charge is -2.15. The van der Waals surface area contributed by atoms with Crippen LogP contribution in [0.3, 0.4) is 0 Å². The predicted molar refractivity (Wildman–Crippen MR) is 69.9 cm³/mol. The van der Waals surface area contributed by atoms with Crippen molar-refractivity contribution in [2.75, 3.05) is 11.4 Å². The Labute approximate surface area is 98.6 Å². The summed E-state index contributed by atoms with van der Waals surface area (Å²) < 4.78 is 0. The summed E-state index contributed by atoms with van der Waals surface area (Å²) in [6.07, 6.45) is 1.87. The van der Waals surface area contributed by atoms with Crippen molar-refractivity contribution in [1.82, 2.24) is 4.98 Å². The summed E-state index contributed by atoms with van der Waals surface area (Å²) in [5, 5.41) is 1.04. The van der Waals surface area contributed by atoms with Gasteiger partial charge >= 0.3 is 0 Å². The normalized spacial score (nSPS) is 19.1. The predicted octanol–water partition coefficient (Wildman–Crippen LogP) is 1.76. The van der Waals surface area contributed by atoms with Gasteiger partial charge in [0.15, 0.2) is 0 Å². The van der Waals surface area contributed by atoms with Gasteiger partial charge in [-0.1, -0.05) is 0 Å². The van der Waals surface area contributed by atoms with Crippen molar-refractivity contribution in [3.05, 3.63) is 40.7 Å². The first kappa shape index (κ1) is 10.1. The van der Waals surface area contributed by atoms with Gasteiger partial charge in [0.25, 0.3) is 0 Å². The van der Waals surface area contributed by atoms with Gasteiger partial charge in [-0.05, 0) is 31.2 Å². The van der Waals surface area contributed by atoms with Gasteiger partial charge in [-0.2, -0.15) is 0 Å². The Kier molecular flexibility index (Phi) is 2.21. The van der Waals surface area contributed by atoms with Crippen molar-refractivity contribution in [2.45, 2.75) is 13.0 Å². The number of anilines is 1. The number of hydrogen-bond acceptors (Lipinski definition) is 3. The van der Waals surface area contributed by atoms with Crippen molar-refractivity contribution in [2.24, 2.45) is 4.99 Å². The van der Waals surface area contributed by atoms with E-state index in [9.17, 15) is 4.79 Å². The molecular weight excluding hydrogens is 214 g/mol. The third kappa shape index (κ3) is 1.82. The molecule has 0 amide bonds. The first-order valence-corrected chi connectivity index (χ1v) is 5.65. The Hall–Kier alpha value is -2.10. The maximum absolute atomic E-state index is 11.2. The summed E-state index contributed by atoms with van der Waals surface area (Å²) in [6.45, 7) is 3.00. The molecule has 0 saturated carbocycles. The summed E-state index contributed by atoms with van der Waals surface area (Å²) in [5.74, 6) is 0. The van der Waals surface area contributed by atoms with E-state index < -0.39 is 0 Å². The number of nitrogens with zero attached hydrogens (tertiary/aromatic N) is 2. The van der Waals surface area contributed by atoms with Crippen LogP contribution in [0.1, 0.15) is 6.92 Å². The molecule has 0 saturated heterocycles. The highest BCUT2D eigenvalue weighted by atomic mass is 16.1. The van der Waals surface area contributed by atoms with E-state index in [-0.39, 0.29) is 5.56 Å². The van der Waals surface area contributed by atoms with Gasteiger partial charge in [0.2, 0.25) is 5.56 Å². The number of aliphatic imine (C=N–C) groups is 1. The van der Waals surface area contributed by atoms with E-state index in [1.165, 1.54) is 0 Å². The Balaban J connectivity index is 2.05. The van der Waals surface area contributed by atoms with Crippen LogP contribution in [0.2, 0.25) is 0 Å². The van der Waals surface area contributed by atoms with E-state index >= 15 is 0 Å². The largest absolute Gasteiger partial charge is 0.331 e. The van der Waals surface area contributed by atoms with Crippen LogP contribution in [0.5, 0.6) is 0 Å². The lowest BCUT2D eigenvalue weighted by molar-refractivity contribution is 0.796. The lowest BCUT2D eigenvalue weighted by atomic mass is 10.2. The molecule has 0 radical (unpaired) electrons. The van der Waals surface area contributed by atoms with Crippen molar-refractivity contribution in [1.29, 1.82) is 0 Å². The number of rotatable bonds is 1. The average Bonchev–Trinajstić information content (AvgIpc) is 2.75. The molecule has 1 atom stereocenters. The molecule has 1 aromatic carbocycles. The number of nitrogens with one attached hydrogen (secondary N) is 1. The molecule has 4 heteroatoms. The average molecular weight is 227 g/mol. The zero-order valence-corrected chi connectivity index (χ0v) is 9.55. The van der Waals surface area contributed by atoms with Gasteiger partial charge in [0.1, 0.15) is 0 Å². The molecule has 0 spiro atoms. The van der Waals surface area contributed by atoms with E-state index in [0.29, 0.717) is 6.04 Å². The molecule has 2 aromatic rings. The molecular formula is C13H13N3O. The molecule has 1 aromatic heterocycles. The van der Waals surface area contributed by atoms with E-state index in [0.717, 1.165) is 23.1 Å². The van der Waals surface area contributed by atoms with E-state index in [2.05, 4.69) is 27.9 Å². The monoisotopic (exact) mass is 227 g/mol. The number of aromatic nitrogens is 1. The smallest absolute Gasteiger partial charge is 0.248 e. The number of aromatic amines is 1. The van der Waals surface area contributed by atoms with Gasteiger partial charge in [-0.15, -0.1) is 0 Å². The summed E-state index contributed by atoms with van der Waals surface area (Å²) in [5.41, 5.74) is 1.91. The molecule has 4 nitrogen and oxygen atoms in total. The third-order valence-corrected chi connectivity index (χ3v) is 2.96. The molecule has 1 aliphatic heterocycles. The minimum Gasteiger partial charge on any atom is -0.331 e. The van der Waals surface area contributed by atoms with Crippen LogP contribution in [-0.4, -0.2) is 23.9 Å². The standard InChI is InChI=1S/C13H13N3O/c1-9-7-16(8-14-9)11-3-4-12-10(6-11)2-5-13(17)15-12/h2-6,8-9H,7H2,1H3,(H,15,17). The van der Waals surface area contributed by atoms with E-state index in [1.54, 1.807) is 6.07 Å². The Morgan fingerprint density at radius 2 is 2.24 bits per heavy atom. The van der Waals surface area contributed by atoms with E-state index in [4.69, 9.17) is 0 Å². The minimum absolute atomic E-state index is 0.0680. The highest BCUT2D eigenvalue weighted by molar-refractivity contribution is 5.88. The maximum Gasteiger partial charge on any atom is 0.248 e. The summed E-state index contributed by atoms with van der Waals surface area (Å²) in [7, 11) is 0. The second-order valence-electron chi connectivity index (χ2n) is 4.36. The van der Waals surface area contributed by atoms with Crippen molar-refractivity contribution in [3.63, 3.8) is 0 Å². The first-order valence-electron chi connectivity index (χ1n) is 5.65. The summed E-state index contributed by atoms with van der Waals surface area (Å²) >= 11 is 0. The number of H-pyrrole nitrogens is 1. The lowest BCUT2D eigenvalue weighted by Crippen LogP contribution is -2.21.